The Hall–Kier alpha value is -1.77. The Morgan fingerprint density at radius 1 is 1.43 bits per heavy atom. The fourth-order valence-electron chi connectivity index (χ4n) is 2.62. The highest BCUT2D eigenvalue weighted by atomic mass is 32.2. The Morgan fingerprint density at radius 2 is 2.26 bits per heavy atom. The number of aromatic nitrogens is 2. The van der Waals surface area contributed by atoms with Gasteiger partial charge in [0, 0.05) is 32.8 Å². The number of sulfonamides is 1. The number of benzene rings is 1. The van der Waals surface area contributed by atoms with Crippen molar-refractivity contribution in [3.05, 3.63) is 48.2 Å². The number of aryl methyl sites for hydroxylation is 1. The van der Waals surface area contributed by atoms with Crippen molar-refractivity contribution in [1.82, 2.24) is 13.9 Å². The van der Waals surface area contributed by atoms with E-state index < -0.39 is 10.0 Å². The molecule has 0 bridgehead atoms. The van der Waals surface area contributed by atoms with Gasteiger partial charge in [0.1, 0.15) is 5.82 Å². The van der Waals surface area contributed by atoms with Crippen LogP contribution in [0.3, 0.4) is 0 Å². The molecule has 1 aliphatic rings. The van der Waals surface area contributed by atoms with E-state index in [0.717, 1.165) is 5.56 Å². The van der Waals surface area contributed by atoms with Crippen LogP contribution in [0.4, 0.5) is 4.39 Å². The third kappa shape index (κ3) is 3.60. The normalized spacial score (nSPS) is 19.8. The minimum absolute atomic E-state index is 0.0337. The standard InChI is InChI=1S/C15H18FN3O3S/c1-18-10-15(17-11-18)23(20,21)19-5-6-22-14(9-19)8-12-3-2-4-13(16)7-12/h2-4,7,10-11,14H,5-6,8-9H2,1H3. The maximum absolute atomic E-state index is 13.3. The van der Waals surface area contributed by atoms with E-state index in [4.69, 9.17) is 4.74 Å². The van der Waals surface area contributed by atoms with Crippen molar-refractivity contribution in [2.24, 2.45) is 7.05 Å². The number of hydrogen-bond donors (Lipinski definition) is 0. The molecule has 0 aliphatic carbocycles. The van der Waals surface area contributed by atoms with Crippen molar-refractivity contribution < 1.29 is 17.5 Å². The maximum Gasteiger partial charge on any atom is 0.262 e. The van der Waals surface area contributed by atoms with E-state index in [1.807, 2.05) is 0 Å². The number of morpholine rings is 1. The van der Waals surface area contributed by atoms with Gasteiger partial charge in [-0.3, -0.25) is 0 Å². The minimum Gasteiger partial charge on any atom is -0.375 e. The number of hydrogen-bond acceptors (Lipinski definition) is 4. The summed E-state index contributed by atoms with van der Waals surface area (Å²) in [6.07, 6.45) is 3.10. The summed E-state index contributed by atoms with van der Waals surface area (Å²) in [5.41, 5.74) is 0.784. The summed E-state index contributed by atoms with van der Waals surface area (Å²) in [5.74, 6) is -0.309. The highest BCUT2D eigenvalue weighted by molar-refractivity contribution is 7.89. The first-order chi connectivity index (χ1) is 10.9. The fraction of sp³-hybridized carbons (Fsp3) is 0.400. The zero-order valence-electron chi connectivity index (χ0n) is 12.7. The zero-order valence-corrected chi connectivity index (χ0v) is 13.5. The molecule has 1 aliphatic heterocycles. The molecular formula is C15H18FN3O3S. The molecule has 6 nitrogen and oxygen atoms in total. The van der Waals surface area contributed by atoms with Crippen molar-refractivity contribution >= 4 is 10.0 Å². The van der Waals surface area contributed by atoms with Gasteiger partial charge in [-0.05, 0) is 17.7 Å². The first-order valence-electron chi connectivity index (χ1n) is 7.29. The summed E-state index contributed by atoms with van der Waals surface area (Å²) in [6, 6.07) is 6.26. The van der Waals surface area contributed by atoms with E-state index in [9.17, 15) is 12.8 Å². The Bertz CT molecular complexity index is 791. The van der Waals surface area contributed by atoms with E-state index in [2.05, 4.69) is 4.98 Å². The lowest BCUT2D eigenvalue weighted by Gasteiger charge is -2.31. The number of ether oxygens (including phenoxy) is 1. The average molecular weight is 339 g/mol. The SMILES string of the molecule is Cn1cnc(S(=O)(=O)N2CCOC(Cc3cccc(F)c3)C2)c1. The lowest BCUT2D eigenvalue weighted by Crippen LogP contribution is -2.46. The molecule has 1 unspecified atom stereocenters. The number of nitrogens with zero attached hydrogens (tertiary/aromatic N) is 3. The van der Waals surface area contributed by atoms with Gasteiger partial charge in [-0.15, -0.1) is 0 Å². The lowest BCUT2D eigenvalue weighted by atomic mass is 10.1. The first-order valence-corrected chi connectivity index (χ1v) is 8.73. The minimum atomic E-state index is -3.63. The van der Waals surface area contributed by atoms with Crippen LogP contribution in [-0.4, -0.2) is 48.1 Å². The van der Waals surface area contributed by atoms with Gasteiger partial charge in [0.2, 0.25) is 0 Å². The molecule has 0 spiro atoms. The van der Waals surface area contributed by atoms with Crippen molar-refractivity contribution in [1.29, 1.82) is 0 Å². The smallest absolute Gasteiger partial charge is 0.262 e. The molecule has 0 radical (unpaired) electrons. The summed E-state index contributed by atoms with van der Waals surface area (Å²) < 4.78 is 47.0. The second-order valence-corrected chi connectivity index (χ2v) is 7.45. The van der Waals surface area contributed by atoms with Crippen LogP contribution in [0.5, 0.6) is 0 Å². The van der Waals surface area contributed by atoms with Crippen LogP contribution in [0, 0.1) is 5.82 Å². The predicted octanol–water partition coefficient (Wildman–Crippen LogP) is 1.19. The van der Waals surface area contributed by atoms with Gasteiger partial charge in [-0.1, -0.05) is 12.1 Å². The van der Waals surface area contributed by atoms with Crippen molar-refractivity contribution in [3.63, 3.8) is 0 Å². The largest absolute Gasteiger partial charge is 0.375 e. The van der Waals surface area contributed by atoms with Crippen LogP contribution in [0.1, 0.15) is 5.56 Å². The summed E-state index contributed by atoms with van der Waals surface area (Å²) >= 11 is 0. The molecule has 0 amide bonds. The second-order valence-electron chi connectivity index (χ2n) is 5.57. The van der Waals surface area contributed by atoms with E-state index in [1.54, 1.807) is 23.7 Å². The Balaban J connectivity index is 1.73. The van der Waals surface area contributed by atoms with E-state index in [0.29, 0.717) is 19.6 Å². The summed E-state index contributed by atoms with van der Waals surface area (Å²) in [7, 11) is -1.91. The molecule has 1 aromatic heterocycles. The first kappa shape index (κ1) is 16.1. The second kappa shape index (κ2) is 6.38. The lowest BCUT2D eigenvalue weighted by molar-refractivity contribution is -0.000584. The monoisotopic (exact) mass is 339 g/mol. The molecule has 124 valence electrons. The third-order valence-electron chi connectivity index (χ3n) is 3.74. The molecule has 1 atom stereocenters. The highest BCUT2D eigenvalue weighted by Gasteiger charge is 2.32. The van der Waals surface area contributed by atoms with Crippen molar-refractivity contribution in [2.45, 2.75) is 17.6 Å². The van der Waals surface area contributed by atoms with E-state index in [-0.39, 0.29) is 23.5 Å². The van der Waals surface area contributed by atoms with Gasteiger partial charge in [0.15, 0.2) is 5.03 Å². The van der Waals surface area contributed by atoms with Crippen LogP contribution in [0.15, 0.2) is 41.8 Å². The Morgan fingerprint density at radius 3 is 2.96 bits per heavy atom. The van der Waals surface area contributed by atoms with Gasteiger partial charge < -0.3 is 9.30 Å². The molecule has 23 heavy (non-hydrogen) atoms. The number of rotatable bonds is 4. The van der Waals surface area contributed by atoms with Crippen LogP contribution >= 0.6 is 0 Å². The van der Waals surface area contributed by atoms with E-state index >= 15 is 0 Å². The summed E-state index contributed by atoms with van der Waals surface area (Å²) in [4.78, 5) is 3.93. The summed E-state index contributed by atoms with van der Waals surface area (Å²) in [6.45, 7) is 0.833. The van der Waals surface area contributed by atoms with Crippen LogP contribution in [0.2, 0.25) is 0 Å². The highest BCUT2D eigenvalue weighted by Crippen LogP contribution is 2.19. The maximum atomic E-state index is 13.3. The van der Waals surface area contributed by atoms with Gasteiger partial charge in [-0.25, -0.2) is 17.8 Å². The van der Waals surface area contributed by atoms with Gasteiger partial charge in [0.25, 0.3) is 10.0 Å². The molecule has 2 aromatic rings. The Kier molecular flexibility index (Phi) is 4.47. The van der Waals surface area contributed by atoms with Crippen LogP contribution < -0.4 is 0 Å². The van der Waals surface area contributed by atoms with Crippen LogP contribution in [-0.2, 0) is 28.2 Å². The third-order valence-corrected chi connectivity index (χ3v) is 5.49. The molecule has 0 N–H and O–H groups in total. The quantitative estimate of drug-likeness (QED) is 0.839. The molecule has 0 saturated carbocycles. The number of halogens is 1. The molecular weight excluding hydrogens is 321 g/mol. The van der Waals surface area contributed by atoms with Crippen molar-refractivity contribution in [2.75, 3.05) is 19.7 Å². The molecule has 8 heteroatoms. The van der Waals surface area contributed by atoms with Crippen molar-refractivity contribution in [3.8, 4) is 0 Å². The van der Waals surface area contributed by atoms with Gasteiger partial charge in [-0.2, -0.15) is 4.31 Å². The summed E-state index contributed by atoms with van der Waals surface area (Å²) in [5, 5.41) is 0.0337. The predicted molar refractivity (Wildman–Crippen MR) is 81.8 cm³/mol. The molecule has 2 heterocycles. The Labute approximate surface area is 134 Å². The topological polar surface area (TPSA) is 64.4 Å². The fourth-order valence-corrected chi connectivity index (χ4v) is 4.04. The zero-order chi connectivity index (χ0) is 16.4. The molecule has 3 rings (SSSR count). The average Bonchev–Trinajstić information content (AvgIpc) is 2.95. The van der Waals surface area contributed by atoms with E-state index in [1.165, 1.54) is 29.0 Å². The molecule has 1 saturated heterocycles. The number of imidazole rings is 1. The molecule has 1 fully saturated rings. The van der Waals surface area contributed by atoms with Gasteiger partial charge in [0.05, 0.1) is 19.0 Å². The van der Waals surface area contributed by atoms with Gasteiger partial charge >= 0.3 is 0 Å². The molecule has 1 aromatic carbocycles. The van der Waals surface area contributed by atoms with Crippen LogP contribution in [0.25, 0.3) is 0 Å².